The molecule has 0 aromatic rings. The monoisotopic (exact) mass is 387 g/mol. The van der Waals surface area contributed by atoms with E-state index >= 15 is 0 Å². The molecule has 0 aliphatic carbocycles. The molecule has 1 aliphatic heterocycles. The summed E-state index contributed by atoms with van der Waals surface area (Å²) in [6.45, 7) is 4.04. The molecule has 3 nitrogen and oxygen atoms in total. The predicted octanol–water partition coefficient (Wildman–Crippen LogP) is 5.56. The van der Waals surface area contributed by atoms with Crippen molar-refractivity contribution in [2.24, 2.45) is 11.5 Å². The van der Waals surface area contributed by atoms with Crippen LogP contribution in [0.3, 0.4) is 0 Å². The molecule has 5 N–H and O–H groups in total. The second kappa shape index (κ2) is 10.5. The SMILES string of the molecule is C/C=C(\C=C(/N)C(=N)C=C(N)C(F)(F)F)C1=C(CCCCCC)CCS1. The maximum absolute atomic E-state index is 12.5. The van der Waals surface area contributed by atoms with Crippen LogP contribution in [-0.2, 0) is 0 Å². The number of halogens is 3. The van der Waals surface area contributed by atoms with E-state index < -0.39 is 17.6 Å². The number of alkyl halides is 3. The van der Waals surface area contributed by atoms with Gasteiger partial charge >= 0.3 is 6.18 Å². The molecular weight excluding hydrogens is 359 g/mol. The second-order valence-corrected chi connectivity index (χ2v) is 7.30. The zero-order valence-electron chi connectivity index (χ0n) is 15.4. The lowest BCUT2D eigenvalue weighted by atomic mass is 10.0. The summed E-state index contributed by atoms with van der Waals surface area (Å²) in [6, 6.07) is 0. The fraction of sp³-hybridized carbons (Fsp3) is 0.526. The second-order valence-electron chi connectivity index (χ2n) is 6.20. The molecular formula is C19H28F3N3S. The number of unbranched alkanes of at least 4 members (excludes halogenated alkanes) is 3. The minimum atomic E-state index is -4.66. The van der Waals surface area contributed by atoms with Crippen molar-refractivity contribution >= 4 is 17.5 Å². The Labute approximate surface area is 158 Å². The van der Waals surface area contributed by atoms with Crippen molar-refractivity contribution in [3.8, 4) is 0 Å². The minimum Gasteiger partial charge on any atom is -0.397 e. The number of nitrogens with two attached hydrogens (primary N) is 2. The Bertz CT molecular complexity index is 628. The Hall–Kier alpha value is -1.63. The maximum Gasteiger partial charge on any atom is 0.430 e. The smallest absolute Gasteiger partial charge is 0.397 e. The predicted molar refractivity (Wildman–Crippen MR) is 105 cm³/mol. The molecule has 0 unspecified atom stereocenters. The molecule has 146 valence electrons. The minimum absolute atomic E-state index is 0.0318. The number of allylic oxidation sites excluding steroid dienone is 6. The van der Waals surface area contributed by atoms with Crippen molar-refractivity contribution < 1.29 is 13.2 Å². The lowest BCUT2D eigenvalue weighted by Gasteiger charge is -2.10. The van der Waals surface area contributed by atoms with Crippen LogP contribution in [0.4, 0.5) is 13.2 Å². The molecule has 0 bridgehead atoms. The van der Waals surface area contributed by atoms with Crippen molar-refractivity contribution in [2.45, 2.75) is 58.5 Å². The lowest BCUT2D eigenvalue weighted by Crippen LogP contribution is -2.22. The Kier molecular flexibility index (Phi) is 9.05. The molecule has 0 aromatic carbocycles. The fourth-order valence-electron chi connectivity index (χ4n) is 2.63. The molecule has 1 heterocycles. The lowest BCUT2D eigenvalue weighted by molar-refractivity contribution is -0.0925. The number of nitrogens with one attached hydrogen (secondary N) is 1. The van der Waals surface area contributed by atoms with E-state index in [9.17, 15) is 13.2 Å². The summed E-state index contributed by atoms with van der Waals surface area (Å²) in [4.78, 5) is 1.15. The van der Waals surface area contributed by atoms with Crippen molar-refractivity contribution in [1.29, 1.82) is 5.41 Å². The first-order chi connectivity index (χ1) is 12.2. The van der Waals surface area contributed by atoms with Gasteiger partial charge in [-0.05, 0) is 43.9 Å². The van der Waals surface area contributed by atoms with Gasteiger partial charge in [0.25, 0.3) is 0 Å². The van der Waals surface area contributed by atoms with Gasteiger partial charge in [0, 0.05) is 10.7 Å². The van der Waals surface area contributed by atoms with Gasteiger partial charge in [-0.2, -0.15) is 13.2 Å². The van der Waals surface area contributed by atoms with E-state index in [1.165, 1.54) is 24.8 Å². The maximum atomic E-state index is 12.5. The normalized spacial score (nSPS) is 17.2. The van der Waals surface area contributed by atoms with E-state index in [-0.39, 0.29) is 5.70 Å². The first-order valence-electron chi connectivity index (χ1n) is 8.82. The summed E-state index contributed by atoms with van der Waals surface area (Å²) in [5, 5.41) is 7.75. The van der Waals surface area contributed by atoms with E-state index in [0.29, 0.717) is 6.08 Å². The van der Waals surface area contributed by atoms with Gasteiger partial charge in [0.15, 0.2) is 0 Å². The van der Waals surface area contributed by atoms with Gasteiger partial charge in [-0.15, -0.1) is 11.8 Å². The third kappa shape index (κ3) is 6.94. The van der Waals surface area contributed by atoms with Crippen LogP contribution in [0.25, 0.3) is 0 Å². The Morgan fingerprint density at radius 2 is 1.88 bits per heavy atom. The van der Waals surface area contributed by atoms with Crippen LogP contribution in [0.15, 0.2) is 45.7 Å². The Morgan fingerprint density at radius 1 is 1.19 bits per heavy atom. The van der Waals surface area contributed by atoms with Gasteiger partial charge in [-0.1, -0.05) is 37.8 Å². The number of rotatable bonds is 9. The van der Waals surface area contributed by atoms with Crippen LogP contribution in [0.2, 0.25) is 0 Å². The van der Waals surface area contributed by atoms with E-state index in [4.69, 9.17) is 16.9 Å². The average molecular weight is 388 g/mol. The highest BCUT2D eigenvalue weighted by Gasteiger charge is 2.31. The molecule has 1 aliphatic rings. The zero-order chi connectivity index (χ0) is 19.7. The molecule has 0 saturated carbocycles. The van der Waals surface area contributed by atoms with Crippen molar-refractivity contribution in [1.82, 2.24) is 0 Å². The highest BCUT2D eigenvalue weighted by molar-refractivity contribution is 8.03. The van der Waals surface area contributed by atoms with Gasteiger partial charge in [0.1, 0.15) is 5.70 Å². The van der Waals surface area contributed by atoms with Gasteiger partial charge in [-0.25, -0.2) is 0 Å². The van der Waals surface area contributed by atoms with E-state index in [0.717, 1.165) is 35.5 Å². The van der Waals surface area contributed by atoms with Crippen LogP contribution < -0.4 is 11.5 Å². The van der Waals surface area contributed by atoms with Gasteiger partial charge < -0.3 is 11.5 Å². The van der Waals surface area contributed by atoms with Gasteiger partial charge in [0.2, 0.25) is 0 Å². The van der Waals surface area contributed by atoms with Crippen molar-refractivity contribution in [3.05, 3.63) is 45.7 Å². The summed E-state index contributed by atoms with van der Waals surface area (Å²) in [6.07, 6.45) is 6.17. The third-order valence-corrected chi connectivity index (χ3v) is 5.35. The first-order valence-corrected chi connectivity index (χ1v) is 9.81. The fourth-order valence-corrected chi connectivity index (χ4v) is 3.93. The molecule has 0 fully saturated rings. The average Bonchev–Trinajstić information content (AvgIpc) is 3.03. The van der Waals surface area contributed by atoms with E-state index in [2.05, 4.69) is 6.92 Å². The summed E-state index contributed by atoms with van der Waals surface area (Å²) in [5.74, 6) is 1.00. The molecule has 0 spiro atoms. The third-order valence-electron chi connectivity index (χ3n) is 4.13. The molecule has 0 amide bonds. The van der Waals surface area contributed by atoms with Crippen LogP contribution >= 0.6 is 11.8 Å². The summed E-state index contributed by atoms with van der Waals surface area (Å²) in [5.41, 5.74) is 11.2. The largest absolute Gasteiger partial charge is 0.430 e. The number of thioether (sulfide) groups is 1. The van der Waals surface area contributed by atoms with Crippen LogP contribution in [-0.4, -0.2) is 17.6 Å². The summed E-state index contributed by atoms with van der Waals surface area (Å²) < 4.78 is 37.5. The highest BCUT2D eigenvalue weighted by atomic mass is 32.2. The summed E-state index contributed by atoms with van der Waals surface area (Å²) >= 11 is 1.74. The molecule has 0 radical (unpaired) electrons. The van der Waals surface area contributed by atoms with Gasteiger partial charge in [-0.3, -0.25) is 5.41 Å². The van der Waals surface area contributed by atoms with E-state index in [1.54, 1.807) is 17.8 Å². The molecule has 1 rings (SSSR count). The van der Waals surface area contributed by atoms with Crippen LogP contribution in [0.1, 0.15) is 52.4 Å². The Morgan fingerprint density at radius 3 is 2.46 bits per heavy atom. The number of hydrogen-bond donors (Lipinski definition) is 3. The van der Waals surface area contributed by atoms with Crippen LogP contribution in [0, 0.1) is 5.41 Å². The van der Waals surface area contributed by atoms with Crippen molar-refractivity contribution in [3.63, 3.8) is 0 Å². The molecule has 0 aromatic heterocycles. The van der Waals surface area contributed by atoms with Crippen LogP contribution in [0.5, 0.6) is 0 Å². The molecule has 0 atom stereocenters. The van der Waals surface area contributed by atoms with Crippen molar-refractivity contribution in [2.75, 3.05) is 5.75 Å². The van der Waals surface area contributed by atoms with E-state index in [1.807, 2.05) is 13.0 Å². The summed E-state index contributed by atoms with van der Waals surface area (Å²) in [7, 11) is 0. The molecule has 0 saturated heterocycles. The number of hydrogen-bond acceptors (Lipinski definition) is 4. The van der Waals surface area contributed by atoms with Gasteiger partial charge in [0.05, 0.1) is 11.4 Å². The highest BCUT2D eigenvalue weighted by Crippen LogP contribution is 2.39. The topological polar surface area (TPSA) is 75.9 Å². The zero-order valence-corrected chi connectivity index (χ0v) is 16.2. The molecule has 26 heavy (non-hydrogen) atoms. The Balaban J connectivity index is 2.93. The molecule has 7 heteroatoms. The quantitative estimate of drug-likeness (QED) is 0.275. The first kappa shape index (κ1) is 22.4. The standard InChI is InChI=1S/C19H28F3N3S/c1-3-5-6-7-8-14-9-10-26-18(14)13(4-2)11-15(23)16(24)12-17(25)19(20,21)22/h4,11-12,24H,3,5-10,23,25H2,1-2H3/b13-4+,15-11-,17-12?,24-16?.